The molecule has 0 aliphatic rings. The fourth-order valence-electron chi connectivity index (χ4n) is 1.51. The van der Waals surface area contributed by atoms with Gasteiger partial charge in [-0.25, -0.2) is 4.79 Å². The molecular weight excluding hydrogens is 286 g/mol. The molecule has 0 saturated carbocycles. The van der Waals surface area contributed by atoms with E-state index < -0.39 is 12.0 Å². The minimum Gasteiger partial charge on any atom is -0.450 e. The van der Waals surface area contributed by atoms with Crippen LogP contribution in [0.25, 0.3) is 6.08 Å². The molecule has 114 valence electrons. The van der Waals surface area contributed by atoms with E-state index in [0.29, 0.717) is 11.3 Å². The second-order valence-electron chi connectivity index (χ2n) is 4.15. The number of hydrogen-bond donors (Lipinski definition) is 2. The number of hydrogen-bond acceptors (Lipinski definition) is 5. The molecule has 7 heteroatoms. The molecule has 0 aliphatic heterocycles. The Kier molecular flexibility index (Phi) is 6.32. The zero-order valence-electron chi connectivity index (χ0n) is 12.2. The van der Waals surface area contributed by atoms with E-state index >= 15 is 0 Å². The molecule has 1 rings (SSSR count). The third-order valence-corrected chi connectivity index (χ3v) is 2.40. The Hall–Kier alpha value is -3.14. The Balaban J connectivity index is 2.83. The maximum atomic E-state index is 11.7. The second-order valence-corrected chi connectivity index (χ2v) is 4.15. The molecule has 2 N–H and O–H groups in total. The molecule has 0 aliphatic carbocycles. The first-order valence-electron chi connectivity index (χ1n) is 6.43. The minimum atomic E-state index is -0.908. The Bertz CT molecular complexity index is 642. The summed E-state index contributed by atoms with van der Waals surface area (Å²) in [4.78, 5) is 33.8. The molecule has 0 atom stereocenters. The number of imide groups is 1. The van der Waals surface area contributed by atoms with Gasteiger partial charge in [0.25, 0.3) is 5.91 Å². The van der Waals surface area contributed by atoms with Gasteiger partial charge in [-0.05, 0) is 30.7 Å². The van der Waals surface area contributed by atoms with Crippen LogP contribution in [0.15, 0.2) is 29.8 Å². The quantitative estimate of drug-likeness (QED) is 0.651. The normalized spacial score (nSPS) is 10.3. The van der Waals surface area contributed by atoms with Crippen LogP contribution in [-0.4, -0.2) is 24.5 Å². The first-order valence-corrected chi connectivity index (χ1v) is 6.43. The molecule has 0 saturated heterocycles. The summed E-state index contributed by atoms with van der Waals surface area (Å²) >= 11 is 0. The molecule has 7 nitrogen and oxygen atoms in total. The van der Waals surface area contributed by atoms with E-state index in [0.717, 1.165) is 0 Å². The Morgan fingerprint density at radius 2 is 1.91 bits per heavy atom. The van der Waals surface area contributed by atoms with Crippen molar-refractivity contribution in [3.8, 4) is 6.07 Å². The van der Waals surface area contributed by atoms with E-state index in [2.05, 4.69) is 10.1 Å². The predicted octanol–water partition coefficient (Wildman–Crippen LogP) is 1.82. The number of anilines is 1. The zero-order chi connectivity index (χ0) is 16.5. The Morgan fingerprint density at radius 1 is 1.27 bits per heavy atom. The lowest BCUT2D eigenvalue weighted by atomic mass is 10.1. The van der Waals surface area contributed by atoms with Gasteiger partial charge in [0.1, 0.15) is 11.6 Å². The van der Waals surface area contributed by atoms with Crippen molar-refractivity contribution < 1.29 is 19.1 Å². The topological polar surface area (TPSA) is 108 Å². The number of nitriles is 1. The lowest BCUT2D eigenvalue weighted by Crippen LogP contribution is -2.31. The number of carbonyl (C=O) groups is 3. The van der Waals surface area contributed by atoms with Crippen molar-refractivity contribution in [2.75, 3.05) is 11.9 Å². The third-order valence-electron chi connectivity index (χ3n) is 2.40. The van der Waals surface area contributed by atoms with Crippen molar-refractivity contribution >= 4 is 29.7 Å². The molecule has 0 radical (unpaired) electrons. The largest absolute Gasteiger partial charge is 0.450 e. The molecule has 0 aromatic heterocycles. The molecule has 0 spiro atoms. The molecule has 0 unspecified atom stereocenters. The van der Waals surface area contributed by atoms with Crippen LogP contribution in [0.2, 0.25) is 0 Å². The van der Waals surface area contributed by atoms with Gasteiger partial charge in [0.2, 0.25) is 5.91 Å². The number of carbonyl (C=O) groups excluding carboxylic acids is 3. The van der Waals surface area contributed by atoms with Gasteiger partial charge in [-0.1, -0.05) is 12.1 Å². The highest BCUT2D eigenvalue weighted by atomic mass is 16.5. The van der Waals surface area contributed by atoms with Gasteiger partial charge in [0.15, 0.2) is 0 Å². The number of nitrogens with one attached hydrogen (secondary N) is 2. The number of alkyl carbamates (subject to hydrolysis) is 1. The Morgan fingerprint density at radius 3 is 2.41 bits per heavy atom. The van der Waals surface area contributed by atoms with Crippen molar-refractivity contribution in [1.82, 2.24) is 5.32 Å². The monoisotopic (exact) mass is 301 g/mol. The second kappa shape index (κ2) is 8.21. The van der Waals surface area contributed by atoms with Crippen molar-refractivity contribution in [2.45, 2.75) is 13.8 Å². The number of rotatable bonds is 4. The van der Waals surface area contributed by atoms with E-state index in [4.69, 9.17) is 5.26 Å². The van der Waals surface area contributed by atoms with Gasteiger partial charge >= 0.3 is 6.09 Å². The van der Waals surface area contributed by atoms with Gasteiger partial charge in [-0.2, -0.15) is 5.26 Å². The molecule has 0 bridgehead atoms. The summed E-state index contributed by atoms with van der Waals surface area (Å²) in [7, 11) is 0. The van der Waals surface area contributed by atoms with E-state index in [1.807, 2.05) is 5.32 Å². The van der Waals surface area contributed by atoms with Gasteiger partial charge < -0.3 is 10.1 Å². The fourth-order valence-corrected chi connectivity index (χ4v) is 1.51. The van der Waals surface area contributed by atoms with Crippen LogP contribution in [0.1, 0.15) is 19.4 Å². The summed E-state index contributed by atoms with van der Waals surface area (Å²) < 4.78 is 4.56. The summed E-state index contributed by atoms with van der Waals surface area (Å²) in [5, 5.41) is 13.5. The molecule has 1 aromatic carbocycles. The first kappa shape index (κ1) is 16.9. The van der Waals surface area contributed by atoms with E-state index in [1.54, 1.807) is 37.3 Å². The summed E-state index contributed by atoms with van der Waals surface area (Å²) in [5.74, 6) is -1.04. The van der Waals surface area contributed by atoms with Crippen LogP contribution < -0.4 is 10.6 Å². The number of benzene rings is 1. The summed E-state index contributed by atoms with van der Waals surface area (Å²) in [6, 6.07) is 8.23. The Labute approximate surface area is 127 Å². The summed E-state index contributed by atoms with van der Waals surface area (Å²) in [6.45, 7) is 3.11. The molecule has 22 heavy (non-hydrogen) atoms. The standard InChI is InChI=1S/C15H15N3O4/c1-3-22-15(21)18-14(20)12(9-16)8-11-4-6-13(7-5-11)17-10(2)19/h4-8H,3H2,1-2H3,(H,17,19)(H,18,20,21)/b12-8-. The van der Waals surface area contributed by atoms with Crippen LogP contribution in [0.5, 0.6) is 0 Å². The minimum absolute atomic E-state index is 0.120. The van der Waals surface area contributed by atoms with Crippen LogP contribution >= 0.6 is 0 Å². The highest BCUT2D eigenvalue weighted by Crippen LogP contribution is 2.12. The van der Waals surface area contributed by atoms with E-state index in [-0.39, 0.29) is 18.1 Å². The van der Waals surface area contributed by atoms with Crippen molar-refractivity contribution in [2.24, 2.45) is 0 Å². The average Bonchev–Trinajstić information content (AvgIpc) is 2.45. The van der Waals surface area contributed by atoms with Gasteiger partial charge in [-0.3, -0.25) is 14.9 Å². The summed E-state index contributed by atoms with van der Waals surface area (Å²) in [5.41, 5.74) is 0.934. The van der Waals surface area contributed by atoms with Crippen molar-refractivity contribution in [1.29, 1.82) is 5.26 Å². The van der Waals surface area contributed by atoms with Crippen LogP contribution in [0.3, 0.4) is 0 Å². The van der Waals surface area contributed by atoms with Gasteiger partial charge in [0.05, 0.1) is 6.61 Å². The fraction of sp³-hybridized carbons (Fsp3) is 0.200. The van der Waals surface area contributed by atoms with Crippen LogP contribution in [0.4, 0.5) is 10.5 Å². The number of ether oxygens (including phenoxy) is 1. The smallest absolute Gasteiger partial charge is 0.414 e. The number of amides is 3. The number of nitrogens with zero attached hydrogens (tertiary/aromatic N) is 1. The molecular formula is C15H15N3O4. The van der Waals surface area contributed by atoms with Gasteiger partial charge in [-0.15, -0.1) is 0 Å². The van der Waals surface area contributed by atoms with Crippen LogP contribution in [0, 0.1) is 11.3 Å². The predicted molar refractivity (Wildman–Crippen MR) is 79.5 cm³/mol. The lowest BCUT2D eigenvalue weighted by Gasteiger charge is -2.04. The molecule has 0 fully saturated rings. The molecule has 0 heterocycles. The lowest BCUT2D eigenvalue weighted by molar-refractivity contribution is -0.116. The van der Waals surface area contributed by atoms with Crippen molar-refractivity contribution in [3.05, 3.63) is 35.4 Å². The van der Waals surface area contributed by atoms with E-state index in [1.165, 1.54) is 13.0 Å². The highest BCUT2D eigenvalue weighted by Gasteiger charge is 2.13. The third kappa shape index (κ3) is 5.46. The van der Waals surface area contributed by atoms with Crippen molar-refractivity contribution in [3.63, 3.8) is 0 Å². The van der Waals surface area contributed by atoms with Gasteiger partial charge in [0, 0.05) is 12.6 Å². The first-order chi connectivity index (χ1) is 10.5. The van der Waals surface area contributed by atoms with E-state index in [9.17, 15) is 14.4 Å². The molecule has 3 amide bonds. The average molecular weight is 301 g/mol. The maximum Gasteiger partial charge on any atom is 0.414 e. The maximum absolute atomic E-state index is 11.7. The molecule has 1 aromatic rings. The summed E-state index contributed by atoms with van der Waals surface area (Å²) in [6.07, 6.45) is 0.418. The SMILES string of the molecule is CCOC(=O)NC(=O)/C(C#N)=C\c1ccc(NC(C)=O)cc1. The zero-order valence-corrected chi connectivity index (χ0v) is 12.2. The highest BCUT2D eigenvalue weighted by molar-refractivity contribution is 6.07. The van der Waals surface area contributed by atoms with Crippen LogP contribution in [-0.2, 0) is 14.3 Å².